The van der Waals surface area contributed by atoms with Crippen LogP contribution in [-0.2, 0) is 32.9 Å². The van der Waals surface area contributed by atoms with E-state index in [1.807, 2.05) is 48.5 Å². The second kappa shape index (κ2) is 11.6. The highest BCUT2D eigenvalue weighted by atomic mass is 32.2. The molecule has 5 nitrogen and oxygen atoms in total. The molecule has 0 spiro atoms. The van der Waals surface area contributed by atoms with E-state index in [4.69, 9.17) is 0 Å². The summed E-state index contributed by atoms with van der Waals surface area (Å²) in [5, 5.41) is 2.46. The van der Waals surface area contributed by atoms with E-state index in [0.717, 1.165) is 24.8 Å². The summed E-state index contributed by atoms with van der Waals surface area (Å²) in [6.07, 6.45) is 7.16. The van der Waals surface area contributed by atoms with Crippen LogP contribution in [-0.4, -0.2) is 39.7 Å². The molecule has 2 atom stereocenters. The van der Waals surface area contributed by atoms with Gasteiger partial charge in [-0.1, -0.05) is 72.8 Å². The van der Waals surface area contributed by atoms with Gasteiger partial charge in [-0.3, -0.25) is 14.5 Å². The van der Waals surface area contributed by atoms with E-state index in [1.54, 1.807) is 0 Å². The Balaban J connectivity index is 1.32. The lowest BCUT2D eigenvalue weighted by Crippen LogP contribution is -2.59. The van der Waals surface area contributed by atoms with Crippen molar-refractivity contribution >= 4 is 23.0 Å². The minimum absolute atomic E-state index is 0.0260. The maximum absolute atomic E-state index is 12.6. The van der Waals surface area contributed by atoms with Gasteiger partial charge in [-0.15, -0.1) is 0 Å². The fourth-order valence-corrected chi connectivity index (χ4v) is 4.84. The Kier molecular flexibility index (Phi) is 8.53. The summed E-state index contributed by atoms with van der Waals surface area (Å²) in [7, 11) is 0. The van der Waals surface area contributed by atoms with Crippen molar-refractivity contribution in [2.45, 2.75) is 36.8 Å². The Labute approximate surface area is 181 Å². The van der Waals surface area contributed by atoms with E-state index < -0.39 is 11.2 Å². The number of likely N-dealkylation sites (tertiary alicyclic amines) is 1. The van der Waals surface area contributed by atoms with Gasteiger partial charge >= 0.3 is 0 Å². The van der Waals surface area contributed by atoms with Crippen molar-refractivity contribution in [3.63, 3.8) is 0 Å². The van der Waals surface area contributed by atoms with Crippen molar-refractivity contribution < 1.29 is 14.1 Å². The van der Waals surface area contributed by atoms with Crippen LogP contribution in [0, 0.1) is 0 Å². The molecule has 158 valence electrons. The van der Waals surface area contributed by atoms with Gasteiger partial charge < -0.3 is 9.87 Å². The summed E-state index contributed by atoms with van der Waals surface area (Å²) < 4.78 is 12.6. The van der Waals surface area contributed by atoms with Crippen LogP contribution in [0.3, 0.4) is 0 Å². The highest BCUT2D eigenvalue weighted by Crippen LogP contribution is 2.26. The number of nitrogens with one attached hydrogen (secondary N) is 1. The molecule has 1 aliphatic rings. The van der Waals surface area contributed by atoms with Crippen LogP contribution in [0.4, 0.5) is 0 Å². The van der Waals surface area contributed by atoms with Crippen LogP contribution in [0.15, 0.2) is 72.8 Å². The number of benzene rings is 2. The summed E-state index contributed by atoms with van der Waals surface area (Å²) >= 11 is -1.21. The monoisotopic (exact) mass is 424 g/mol. The fourth-order valence-electron chi connectivity index (χ4n) is 3.32. The van der Waals surface area contributed by atoms with E-state index in [1.165, 1.54) is 10.5 Å². The molecular formula is C24H28N2O3S. The predicted molar refractivity (Wildman–Crippen MR) is 120 cm³/mol. The van der Waals surface area contributed by atoms with Crippen molar-refractivity contribution in [1.82, 2.24) is 10.2 Å². The Hall–Kier alpha value is -2.57. The number of hydrogen-bond donors (Lipinski definition) is 1. The summed E-state index contributed by atoms with van der Waals surface area (Å²) in [6.45, 7) is 0.502. The van der Waals surface area contributed by atoms with E-state index in [2.05, 4.69) is 29.6 Å². The molecule has 30 heavy (non-hydrogen) atoms. The van der Waals surface area contributed by atoms with Crippen molar-refractivity contribution in [3.05, 3.63) is 83.9 Å². The quantitative estimate of drug-likeness (QED) is 0.261. The van der Waals surface area contributed by atoms with E-state index >= 15 is 0 Å². The Morgan fingerprint density at radius 3 is 2.33 bits per heavy atom. The highest BCUT2D eigenvalue weighted by molar-refractivity contribution is 7.91. The topological polar surface area (TPSA) is 72.5 Å². The van der Waals surface area contributed by atoms with Gasteiger partial charge in [0.05, 0.1) is 6.42 Å². The summed E-state index contributed by atoms with van der Waals surface area (Å²) in [4.78, 5) is 25.5. The molecule has 1 fully saturated rings. The van der Waals surface area contributed by atoms with Crippen LogP contribution < -0.4 is 5.32 Å². The van der Waals surface area contributed by atoms with Gasteiger partial charge in [0.15, 0.2) is 5.37 Å². The number of rotatable bonds is 11. The lowest BCUT2D eigenvalue weighted by atomic mass is 10.1. The summed E-state index contributed by atoms with van der Waals surface area (Å²) in [5.41, 5.74) is 2.28. The summed E-state index contributed by atoms with van der Waals surface area (Å²) in [5.74, 6) is 0.0739. The molecule has 2 aromatic carbocycles. The smallest absolute Gasteiger partial charge is 0.239 e. The van der Waals surface area contributed by atoms with Crippen LogP contribution in [0.2, 0.25) is 0 Å². The first kappa shape index (κ1) is 22.1. The second-order valence-corrected chi connectivity index (χ2v) is 8.92. The number of carbonyl (C=O) groups is 2. The molecule has 0 aromatic heterocycles. The SMILES string of the molecule is O=C(CN1C(=O)CC1[S+]([O-])Cc1ccccc1)NCC/C=C/CCc1ccccc1. The van der Waals surface area contributed by atoms with Crippen molar-refractivity contribution in [2.75, 3.05) is 13.1 Å². The third kappa shape index (κ3) is 6.75. The molecule has 0 aliphatic carbocycles. The molecule has 0 radical (unpaired) electrons. The van der Waals surface area contributed by atoms with Gasteiger partial charge in [0.1, 0.15) is 12.3 Å². The third-order valence-corrected chi connectivity index (χ3v) is 6.67. The maximum atomic E-state index is 12.6. The van der Waals surface area contributed by atoms with Crippen molar-refractivity contribution in [3.8, 4) is 0 Å². The molecule has 1 saturated heterocycles. The summed E-state index contributed by atoms with van der Waals surface area (Å²) in [6, 6.07) is 19.9. The average Bonchev–Trinajstić information content (AvgIpc) is 2.76. The first-order valence-corrected chi connectivity index (χ1v) is 11.7. The fraction of sp³-hybridized carbons (Fsp3) is 0.333. The van der Waals surface area contributed by atoms with Crippen molar-refractivity contribution in [2.24, 2.45) is 0 Å². The maximum Gasteiger partial charge on any atom is 0.239 e. The van der Waals surface area contributed by atoms with E-state index in [0.29, 0.717) is 12.3 Å². The zero-order valence-corrected chi connectivity index (χ0v) is 17.9. The van der Waals surface area contributed by atoms with Crippen LogP contribution >= 0.6 is 0 Å². The first-order valence-electron chi connectivity index (χ1n) is 10.3. The predicted octanol–water partition coefficient (Wildman–Crippen LogP) is 3.19. The van der Waals surface area contributed by atoms with Crippen LogP contribution in [0.1, 0.15) is 30.4 Å². The molecular weight excluding hydrogens is 396 g/mol. The minimum atomic E-state index is -1.21. The van der Waals surface area contributed by atoms with Crippen molar-refractivity contribution in [1.29, 1.82) is 0 Å². The molecule has 1 aliphatic heterocycles. The molecule has 1 heterocycles. The number of carbonyl (C=O) groups excluding carboxylic acids is 2. The second-order valence-electron chi connectivity index (χ2n) is 7.33. The van der Waals surface area contributed by atoms with Gasteiger partial charge in [-0.2, -0.15) is 0 Å². The largest absolute Gasteiger partial charge is 0.614 e. The van der Waals surface area contributed by atoms with Gasteiger partial charge in [0, 0.05) is 12.1 Å². The van der Waals surface area contributed by atoms with Crippen LogP contribution in [0.5, 0.6) is 0 Å². The highest BCUT2D eigenvalue weighted by Gasteiger charge is 2.45. The molecule has 2 unspecified atom stereocenters. The molecule has 2 aromatic rings. The van der Waals surface area contributed by atoms with Gasteiger partial charge in [-0.05, 0) is 36.0 Å². The Bertz CT molecular complexity index is 842. The Morgan fingerprint density at radius 1 is 1.03 bits per heavy atom. The van der Waals surface area contributed by atoms with E-state index in [-0.39, 0.29) is 30.2 Å². The zero-order valence-electron chi connectivity index (χ0n) is 17.0. The number of amides is 2. The zero-order chi connectivity index (χ0) is 21.2. The Morgan fingerprint density at radius 2 is 1.67 bits per heavy atom. The molecule has 2 amide bonds. The number of nitrogens with zero attached hydrogens (tertiary/aromatic N) is 1. The average molecular weight is 425 g/mol. The third-order valence-electron chi connectivity index (χ3n) is 5.03. The molecule has 0 bridgehead atoms. The minimum Gasteiger partial charge on any atom is -0.614 e. The lowest BCUT2D eigenvalue weighted by molar-refractivity contribution is -0.145. The normalized spacial score (nSPS) is 17.0. The van der Waals surface area contributed by atoms with Crippen LogP contribution in [0.25, 0.3) is 0 Å². The molecule has 1 N–H and O–H groups in total. The number of hydrogen-bond acceptors (Lipinski definition) is 3. The number of aryl methyl sites for hydroxylation is 1. The molecule has 0 saturated carbocycles. The van der Waals surface area contributed by atoms with Gasteiger partial charge in [0.2, 0.25) is 11.8 Å². The number of allylic oxidation sites excluding steroid dienone is 1. The first-order chi connectivity index (χ1) is 14.6. The van der Waals surface area contributed by atoms with Gasteiger partial charge in [-0.25, -0.2) is 0 Å². The standard InChI is InChI=1S/C24H28N2O3S/c27-22(25-16-10-2-1-5-11-20-12-6-3-7-13-20)18-26-23(28)17-24(26)30(29)19-21-14-8-4-9-15-21/h1-4,6-9,12-15,24H,5,10-11,16-19H2,(H,25,27)/b2-1+. The van der Waals surface area contributed by atoms with E-state index in [9.17, 15) is 14.1 Å². The molecule has 6 heteroatoms. The van der Waals surface area contributed by atoms with Gasteiger partial charge in [0.25, 0.3) is 0 Å². The lowest BCUT2D eigenvalue weighted by Gasteiger charge is -2.39. The number of β-lactam (4-membered cyclic amide) rings is 1. The molecule has 3 rings (SSSR count).